The van der Waals surface area contributed by atoms with Crippen LogP contribution in [0.2, 0.25) is 0 Å². The zero-order valence-electron chi connectivity index (χ0n) is 15.0. The van der Waals surface area contributed by atoms with Crippen molar-refractivity contribution in [2.24, 2.45) is 11.7 Å². The van der Waals surface area contributed by atoms with E-state index in [9.17, 15) is 9.90 Å². The van der Waals surface area contributed by atoms with E-state index in [0.717, 1.165) is 12.5 Å². The van der Waals surface area contributed by atoms with Crippen LogP contribution in [0.3, 0.4) is 0 Å². The molecule has 1 aromatic carbocycles. The number of carboxylic acids is 1. The normalized spacial score (nSPS) is 21.2. The van der Waals surface area contributed by atoms with Crippen molar-refractivity contribution in [2.45, 2.75) is 44.9 Å². The average Bonchev–Trinajstić information content (AvgIpc) is 3.20. The number of rotatable bonds is 5. The molecule has 3 rings (SSSR count). The predicted molar refractivity (Wildman–Crippen MR) is 95.4 cm³/mol. The van der Waals surface area contributed by atoms with E-state index >= 15 is 0 Å². The molecule has 1 fully saturated rings. The van der Waals surface area contributed by atoms with Crippen LogP contribution in [0.4, 0.5) is 0 Å². The highest BCUT2D eigenvalue weighted by molar-refractivity contribution is 5.79. The maximum atomic E-state index is 12.0. The van der Waals surface area contributed by atoms with Crippen molar-refractivity contribution in [1.82, 2.24) is 15.5 Å². The summed E-state index contributed by atoms with van der Waals surface area (Å²) >= 11 is 0. The lowest BCUT2D eigenvalue weighted by Crippen LogP contribution is -2.30. The van der Waals surface area contributed by atoms with Crippen LogP contribution in [0.1, 0.15) is 37.0 Å². The summed E-state index contributed by atoms with van der Waals surface area (Å²) in [4.78, 5) is 25.3. The third kappa shape index (κ3) is 6.80. The van der Waals surface area contributed by atoms with Gasteiger partial charge in [-0.25, -0.2) is 0 Å². The van der Waals surface area contributed by atoms with E-state index in [0.29, 0.717) is 31.0 Å². The highest BCUT2D eigenvalue weighted by atomic mass is 16.5. The molecule has 27 heavy (non-hydrogen) atoms. The monoisotopic (exact) mass is 376 g/mol. The first-order valence-corrected chi connectivity index (χ1v) is 8.61. The molecule has 0 aliphatic heterocycles. The van der Waals surface area contributed by atoms with Gasteiger partial charge in [0.25, 0.3) is 5.97 Å². The quantitative estimate of drug-likeness (QED) is 0.587. The number of nitrogens with zero attached hydrogens (tertiary/aromatic N) is 2. The number of aliphatic carboxylic acids is 1. The van der Waals surface area contributed by atoms with Crippen LogP contribution in [-0.4, -0.2) is 44.4 Å². The van der Waals surface area contributed by atoms with Crippen LogP contribution < -0.4 is 11.1 Å². The summed E-state index contributed by atoms with van der Waals surface area (Å²) in [6.45, 7) is 1.27. The molecule has 0 unspecified atom stereocenters. The number of amides is 1. The van der Waals surface area contributed by atoms with Gasteiger partial charge in [0.05, 0.1) is 12.6 Å². The van der Waals surface area contributed by atoms with Gasteiger partial charge in [0.15, 0.2) is 5.82 Å². The first-order chi connectivity index (χ1) is 12.8. The van der Waals surface area contributed by atoms with Crippen LogP contribution in [0.15, 0.2) is 34.9 Å². The van der Waals surface area contributed by atoms with Gasteiger partial charge in [-0.3, -0.25) is 9.59 Å². The molecule has 1 amide bonds. The van der Waals surface area contributed by atoms with E-state index < -0.39 is 12.1 Å². The maximum absolute atomic E-state index is 12.0. The van der Waals surface area contributed by atoms with Crippen molar-refractivity contribution >= 4 is 11.9 Å². The first-order valence-electron chi connectivity index (χ1n) is 8.61. The number of carbonyl (C=O) groups is 2. The molecule has 9 heteroatoms. The molecule has 1 aliphatic carbocycles. The number of carboxylic acid groups (broad SMARTS) is 1. The molecule has 1 aromatic heterocycles. The molecule has 0 spiro atoms. The molecule has 2 aromatic rings. The summed E-state index contributed by atoms with van der Waals surface area (Å²) in [7, 11) is 0. The SMILES string of the molecule is CC(=O)O.N[C@@H]1C[C@H](C(=O)NCc2nc(Cc3ccccc3)no2)C[C@H]1O. The Kier molecular flexibility index (Phi) is 7.44. The minimum atomic E-state index is -0.833. The fourth-order valence-electron chi connectivity index (χ4n) is 2.78. The lowest BCUT2D eigenvalue weighted by Gasteiger charge is -2.08. The van der Waals surface area contributed by atoms with Crippen molar-refractivity contribution < 1.29 is 24.3 Å². The number of hydrogen-bond donors (Lipinski definition) is 4. The molecule has 146 valence electrons. The van der Waals surface area contributed by atoms with Crippen LogP contribution >= 0.6 is 0 Å². The van der Waals surface area contributed by atoms with E-state index in [1.807, 2.05) is 30.3 Å². The number of carbonyl (C=O) groups excluding carboxylic acids is 1. The van der Waals surface area contributed by atoms with Gasteiger partial charge in [-0.15, -0.1) is 0 Å². The van der Waals surface area contributed by atoms with Gasteiger partial charge in [-0.2, -0.15) is 4.98 Å². The number of aliphatic hydroxyl groups is 1. The van der Waals surface area contributed by atoms with Gasteiger partial charge in [-0.05, 0) is 18.4 Å². The van der Waals surface area contributed by atoms with Crippen molar-refractivity contribution in [3.63, 3.8) is 0 Å². The van der Waals surface area contributed by atoms with E-state index in [4.69, 9.17) is 20.2 Å². The zero-order valence-corrected chi connectivity index (χ0v) is 15.0. The second-order valence-electron chi connectivity index (χ2n) is 6.40. The van der Waals surface area contributed by atoms with Gasteiger partial charge in [0, 0.05) is 25.3 Å². The van der Waals surface area contributed by atoms with E-state index in [1.165, 1.54) is 0 Å². The summed E-state index contributed by atoms with van der Waals surface area (Å²) < 4.78 is 5.14. The molecule has 5 N–H and O–H groups in total. The molecule has 1 aliphatic rings. The molecular weight excluding hydrogens is 352 g/mol. The molecule has 0 radical (unpaired) electrons. The number of aromatic nitrogens is 2. The summed E-state index contributed by atoms with van der Waals surface area (Å²) in [5.74, 6) is -0.280. The predicted octanol–water partition coefficient (Wildman–Crippen LogP) is 0.466. The number of aliphatic hydroxyl groups excluding tert-OH is 1. The van der Waals surface area contributed by atoms with E-state index in [-0.39, 0.29) is 24.4 Å². The smallest absolute Gasteiger partial charge is 0.300 e. The average molecular weight is 376 g/mol. The van der Waals surface area contributed by atoms with Gasteiger partial charge in [0.1, 0.15) is 0 Å². The van der Waals surface area contributed by atoms with Gasteiger partial charge < -0.3 is 25.8 Å². The van der Waals surface area contributed by atoms with Crippen LogP contribution in [-0.2, 0) is 22.6 Å². The Balaban J connectivity index is 0.000000596. The Morgan fingerprint density at radius 3 is 2.56 bits per heavy atom. The lowest BCUT2D eigenvalue weighted by atomic mass is 10.1. The minimum Gasteiger partial charge on any atom is -0.481 e. The third-order valence-electron chi connectivity index (χ3n) is 4.08. The van der Waals surface area contributed by atoms with Crippen LogP contribution in [0, 0.1) is 5.92 Å². The number of benzene rings is 1. The third-order valence-corrected chi connectivity index (χ3v) is 4.08. The molecule has 1 heterocycles. The number of hydrogen-bond acceptors (Lipinski definition) is 7. The Hall–Kier alpha value is -2.78. The van der Waals surface area contributed by atoms with Crippen molar-refractivity contribution in [2.75, 3.05) is 0 Å². The fraction of sp³-hybridized carbons (Fsp3) is 0.444. The molecule has 1 saturated carbocycles. The Morgan fingerprint density at radius 1 is 1.30 bits per heavy atom. The van der Waals surface area contributed by atoms with Gasteiger partial charge >= 0.3 is 0 Å². The topological polar surface area (TPSA) is 152 Å². The Labute approximate surface area is 156 Å². The minimum absolute atomic E-state index is 0.139. The van der Waals surface area contributed by atoms with Crippen LogP contribution in [0.5, 0.6) is 0 Å². The summed E-state index contributed by atoms with van der Waals surface area (Å²) in [5, 5.41) is 23.7. The molecule has 3 atom stereocenters. The highest BCUT2D eigenvalue weighted by Crippen LogP contribution is 2.24. The van der Waals surface area contributed by atoms with Crippen molar-refractivity contribution in [1.29, 1.82) is 0 Å². The van der Waals surface area contributed by atoms with Gasteiger partial charge in [0.2, 0.25) is 11.8 Å². The molecule has 0 bridgehead atoms. The van der Waals surface area contributed by atoms with E-state index in [1.54, 1.807) is 0 Å². The number of nitrogens with two attached hydrogens (primary N) is 1. The van der Waals surface area contributed by atoms with Crippen LogP contribution in [0.25, 0.3) is 0 Å². The molecule has 9 nitrogen and oxygen atoms in total. The second kappa shape index (κ2) is 9.79. The Bertz CT molecular complexity index is 735. The largest absolute Gasteiger partial charge is 0.481 e. The van der Waals surface area contributed by atoms with Crippen molar-refractivity contribution in [3.8, 4) is 0 Å². The summed E-state index contributed by atoms with van der Waals surface area (Å²) in [5.41, 5.74) is 6.81. The standard InChI is InChI=1S/C16H20N4O3.C2H4O2/c17-12-7-11(8-13(12)21)16(22)18-9-15-19-14(20-23-15)6-10-4-2-1-3-5-10;1-2(3)4/h1-5,11-13,21H,6-9,17H2,(H,18,22);1H3,(H,3,4)/t11-,12+,13+;/m0./s1. The number of nitrogens with one attached hydrogen (secondary N) is 1. The summed E-state index contributed by atoms with van der Waals surface area (Å²) in [6.07, 6.45) is 0.875. The lowest BCUT2D eigenvalue weighted by molar-refractivity contribution is -0.134. The highest BCUT2D eigenvalue weighted by Gasteiger charge is 2.34. The summed E-state index contributed by atoms with van der Waals surface area (Å²) in [6, 6.07) is 9.52. The second-order valence-corrected chi connectivity index (χ2v) is 6.40. The first kappa shape index (κ1) is 20.5. The Morgan fingerprint density at radius 2 is 1.96 bits per heavy atom. The fourth-order valence-corrected chi connectivity index (χ4v) is 2.78. The maximum Gasteiger partial charge on any atom is 0.300 e. The molecule has 0 saturated heterocycles. The molecular formula is C18H24N4O5. The zero-order chi connectivity index (χ0) is 19.8. The van der Waals surface area contributed by atoms with E-state index in [2.05, 4.69) is 15.5 Å². The van der Waals surface area contributed by atoms with Crippen molar-refractivity contribution in [3.05, 3.63) is 47.6 Å². The van der Waals surface area contributed by atoms with Gasteiger partial charge in [-0.1, -0.05) is 35.5 Å².